The zero-order valence-corrected chi connectivity index (χ0v) is 20.3. The second kappa shape index (κ2) is 9.22. The van der Waals surface area contributed by atoms with Crippen LogP contribution in [0.1, 0.15) is 38.8 Å². The van der Waals surface area contributed by atoms with E-state index >= 15 is 0 Å². The zero-order valence-electron chi connectivity index (χ0n) is 19.5. The van der Waals surface area contributed by atoms with Crippen molar-refractivity contribution in [1.29, 1.82) is 0 Å². The van der Waals surface area contributed by atoms with Gasteiger partial charge in [-0.25, -0.2) is 18.4 Å². The van der Waals surface area contributed by atoms with Crippen LogP contribution >= 0.6 is 0 Å². The number of likely N-dealkylation sites (N-methyl/N-ethyl adjacent to an activating group) is 1. The maximum Gasteiger partial charge on any atom is 0.277 e. The van der Waals surface area contributed by atoms with Crippen LogP contribution in [0.25, 0.3) is 22.4 Å². The van der Waals surface area contributed by atoms with Crippen molar-refractivity contribution in [1.82, 2.24) is 29.6 Å². The van der Waals surface area contributed by atoms with E-state index in [-0.39, 0.29) is 22.2 Å². The summed E-state index contributed by atoms with van der Waals surface area (Å²) in [5.41, 5.74) is 1.67. The fourth-order valence-electron chi connectivity index (χ4n) is 4.18. The van der Waals surface area contributed by atoms with Crippen LogP contribution in [-0.4, -0.2) is 70.5 Å². The molecule has 0 radical (unpaired) electrons. The lowest BCUT2D eigenvalue weighted by molar-refractivity contribution is 0.276. The van der Waals surface area contributed by atoms with E-state index in [4.69, 9.17) is 14.8 Å². The summed E-state index contributed by atoms with van der Waals surface area (Å²) in [6.07, 6.45) is 5.92. The van der Waals surface area contributed by atoms with Crippen molar-refractivity contribution in [3.63, 3.8) is 0 Å². The van der Waals surface area contributed by atoms with Crippen LogP contribution in [0.2, 0.25) is 0 Å². The van der Waals surface area contributed by atoms with E-state index in [1.807, 2.05) is 13.8 Å². The number of nitrogens with one attached hydrogen (secondary N) is 1. The van der Waals surface area contributed by atoms with Crippen LogP contribution in [0, 0.1) is 0 Å². The summed E-state index contributed by atoms with van der Waals surface area (Å²) in [5.74, 6) is 0.439. The predicted molar refractivity (Wildman–Crippen MR) is 125 cm³/mol. The maximum atomic E-state index is 13.2. The SMILES string of the molecule is CCCOc1ncc(S(C)(=O)=O)cc1-c1nc2c(CC)nn(C[C@@H]3CCCN3C)c2c(=O)[nH]1. The summed E-state index contributed by atoms with van der Waals surface area (Å²) < 4.78 is 31.7. The van der Waals surface area contributed by atoms with Crippen molar-refractivity contribution in [2.24, 2.45) is 0 Å². The van der Waals surface area contributed by atoms with E-state index in [2.05, 4.69) is 21.9 Å². The van der Waals surface area contributed by atoms with Gasteiger partial charge in [-0.1, -0.05) is 13.8 Å². The molecule has 10 nitrogen and oxygen atoms in total. The number of H-pyrrole nitrogens is 1. The molecule has 1 fully saturated rings. The minimum absolute atomic E-state index is 0.0276. The van der Waals surface area contributed by atoms with Gasteiger partial charge in [-0.15, -0.1) is 0 Å². The molecule has 3 aromatic heterocycles. The molecule has 0 bridgehead atoms. The first-order valence-corrected chi connectivity index (χ1v) is 13.1. The molecule has 0 amide bonds. The number of pyridine rings is 1. The van der Waals surface area contributed by atoms with Gasteiger partial charge in [-0.3, -0.25) is 9.48 Å². The molecule has 1 atom stereocenters. The molecule has 0 aromatic carbocycles. The molecular weight excluding hydrogens is 444 g/mol. The second-order valence-corrected chi connectivity index (χ2v) is 10.5. The van der Waals surface area contributed by atoms with Crippen LogP contribution in [0.5, 0.6) is 5.88 Å². The third kappa shape index (κ3) is 4.65. The largest absolute Gasteiger partial charge is 0.477 e. The number of hydrogen-bond donors (Lipinski definition) is 1. The molecule has 11 heteroatoms. The first-order chi connectivity index (χ1) is 15.7. The van der Waals surface area contributed by atoms with E-state index in [9.17, 15) is 13.2 Å². The van der Waals surface area contributed by atoms with Gasteiger partial charge >= 0.3 is 0 Å². The van der Waals surface area contributed by atoms with Gasteiger partial charge < -0.3 is 14.6 Å². The number of fused-ring (bicyclic) bond motifs is 1. The van der Waals surface area contributed by atoms with E-state index in [1.165, 1.54) is 12.3 Å². The topological polar surface area (TPSA) is 123 Å². The van der Waals surface area contributed by atoms with E-state index in [1.54, 1.807) is 4.68 Å². The van der Waals surface area contributed by atoms with Crippen LogP contribution in [0.15, 0.2) is 22.0 Å². The Morgan fingerprint density at radius 2 is 2.09 bits per heavy atom. The Balaban J connectivity index is 1.86. The number of rotatable bonds is 8. The Hall–Kier alpha value is -2.79. The number of hydrogen-bond acceptors (Lipinski definition) is 8. The van der Waals surface area contributed by atoms with Gasteiger partial charge in [0.25, 0.3) is 5.56 Å². The molecule has 0 aliphatic carbocycles. The van der Waals surface area contributed by atoms with Crippen molar-refractivity contribution >= 4 is 20.9 Å². The molecule has 1 aliphatic heterocycles. The Bertz CT molecular complexity index is 1330. The highest BCUT2D eigenvalue weighted by molar-refractivity contribution is 7.90. The fourth-order valence-corrected chi connectivity index (χ4v) is 4.75. The minimum Gasteiger partial charge on any atom is -0.477 e. The molecular formula is C22H30N6O4S. The quantitative estimate of drug-likeness (QED) is 0.526. The summed E-state index contributed by atoms with van der Waals surface area (Å²) in [6, 6.07) is 1.77. The smallest absolute Gasteiger partial charge is 0.277 e. The molecule has 33 heavy (non-hydrogen) atoms. The minimum atomic E-state index is -3.51. The number of aryl methyl sites for hydroxylation is 1. The molecule has 3 aromatic rings. The third-order valence-corrected chi connectivity index (χ3v) is 7.09. The number of ether oxygens (including phenoxy) is 1. The summed E-state index contributed by atoms with van der Waals surface area (Å²) in [4.78, 5) is 27.3. The van der Waals surface area contributed by atoms with E-state index in [0.29, 0.717) is 42.2 Å². The highest BCUT2D eigenvalue weighted by Crippen LogP contribution is 2.29. The number of nitrogens with zero attached hydrogens (tertiary/aromatic N) is 5. The van der Waals surface area contributed by atoms with Crippen molar-refractivity contribution in [2.75, 3.05) is 26.5 Å². The molecule has 0 unspecified atom stereocenters. The molecule has 0 spiro atoms. The van der Waals surface area contributed by atoms with Gasteiger partial charge in [0, 0.05) is 18.5 Å². The van der Waals surface area contributed by atoms with Crippen molar-refractivity contribution in [2.45, 2.75) is 57.0 Å². The van der Waals surface area contributed by atoms with Gasteiger partial charge in [0.1, 0.15) is 11.3 Å². The average Bonchev–Trinajstić information content (AvgIpc) is 3.34. The Morgan fingerprint density at radius 3 is 2.73 bits per heavy atom. The van der Waals surface area contributed by atoms with E-state index in [0.717, 1.165) is 37.8 Å². The number of likely N-dealkylation sites (tertiary alicyclic amines) is 1. The first-order valence-electron chi connectivity index (χ1n) is 11.3. The van der Waals surface area contributed by atoms with Gasteiger partial charge in [0.15, 0.2) is 15.4 Å². The number of aromatic nitrogens is 5. The molecule has 4 heterocycles. The second-order valence-electron chi connectivity index (χ2n) is 8.52. The Kier molecular flexibility index (Phi) is 6.53. The predicted octanol–water partition coefficient (Wildman–Crippen LogP) is 2.03. The van der Waals surface area contributed by atoms with Gasteiger partial charge in [-0.2, -0.15) is 5.10 Å². The number of aromatic amines is 1. The van der Waals surface area contributed by atoms with Crippen LogP contribution < -0.4 is 10.3 Å². The average molecular weight is 475 g/mol. The van der Waals surface area contributed by atoms with Crippen LogP contribution in [0.3, 0.4) is 0 Å². The van der Waals surface area contributed by atoms with Crippen LogP contribution in [0.4, 0.5) is 0 Å². The Labute approximate surface area is 192 Å². The summed E-state index contributed by atoms with van der Waals surface area (Å²) >= 11 is 0. The molecule has 1 saturated heterocycles. The standard InChI is InChI=1S/C22H30N6O4S/c1-5-10-32-22-16(11-15(12-23-22)33(4,30)31)20-24-18-17(6-2)26-28(19(18)21(29)25-20)13-14-8-7-9-27(14)3/h11-12,14H,5-10,13H2,1-4H3,(H,24,25,29)/t14-/m0/s1. The van der Waals surface area contributed by atoms with Crippen molar-refractivity contribution in [3.8, 4) is 17.3 Å². The summed E-state index contributed by atoms with van der Waals surface area (Å²) in [7, 11) is -1.42. The van der Waals surface area contributed by atoms with Gasteiger partial charge in [0.2, 0.25) is 5.88 Å². The fraction of sp³-hybridized carbons (Fsp3) is 0.545. The van der Waals surface area contributed by atoms with Crippen molar-refractivity contribution in [3.05, 3.63) is 28.3 Å². The molecule has 1 N–H and O–H groups in total. The lowest BCUT2D eigenvalue weighted by atomic mass is 10.2. The third-order valence-electron chi connectivity index (χ3n) is 6.01. The first kappa shape index (κ1) is 23.4. The lowest BCUT2D eigenvalue weighted by Crippen LogP contribution is -2.30. The normalized spacial score (nSPS) is 17.2. The van der Waals surface area contributed by atoms with Crippen LogP contribution in [-0.2, 0) is 22.8 Å². The number of sulfone groups is 1. The van der Waals surface area contributed by atoms with Crippen molar-refractivity contribution < 1.29 is 13.2 Å². The highest BCUT2D eigenvalue weighted by Gasteiger charge is 2.25. The highest BCUT2D eigenvalue weighted by atomic mass is 32.2. The maximum absolute atomic E-state index is 13.2. The summed E-state index contributed by atoms with van der Waals surface area (Å²) in [6.45, 7) is 5.98. The Morgan fingerprint density at radius 1 is 1.30 bits per heavy atom. The molecule has 1 aliphatic rings. The molecule has 0 saturated carbocycles. The lowest BCUT2D eigenvalue weighted by Gasteiger charge is -2.19. The van der Waals surface area contributed by atoms with E-state index < -0.39 is 9.84 Å². The monoisotopic (exact) mass is 474 g/mol. The molecule has 178 valence electrons. The molecule has 4 rings (SSSR count). The van der Waals surface area contributed by atoms with Gasteiger partial charge in [0.05, 0.1) is 29.3 Å². The summed E-state index contributed by atoms with van der Waals surface area (Å²) in [5, 5.41) is 4.69. The van der Waals surface area contributed by atoms with Gasteiger partial charge in [-0.05, 0) is 45.3 Å². The zero-order chi connectivity index (χ0) is 23.8.